The molecule has 3 aromatic rings. The summed E-state index contributed by atoms with van der Waals surface area (Å²) in [6, 6.07) is 9.91. The quantitative estimate of drug-likeness (QED) is 0.457. The maximum atomic E-state index is 13.1. The van der Waals surface area contributed by atoms with Crippen LogP contribution in [-0.2, 0) is 32.2 Å². The molecule has 0 radical (unpaired) electrons. The molecule has 5 rings (SSSR count). The summed E-state index contributed by atoms with van der Waals surface area (Å²) in [5.41, 5.74) is 1.22. The Kier molecular flexibility index (Phi) is 5.72. The van der Waals surface area contributed by atoms with Crippen LogP contribution in [0.15, 0.2) is 58.8 Å². The van der Waals surface area contributed by atoms with Crippen molar-refractivity contribution in [3.05, 3.63) is 65.8 Å². The van der Waals surface area contributed by atoms with Crippen molar-refractivity contribution in [2.24, 2.45) is 0 Å². The smallest absolute Gasteiger partial charge is 0.331 e. The highest BCUT2D eigenvalue weighted by molar-refractivity contribution is 6.31. The van der Waals surface area contributed by atoms with Gasteiger partial charge in [0.15, 0.2) is 0 Å². The van der Waals surface area contributed by atoms with Crippen LogP contribution in [-0.4, -0.2) is 64.4 Å². The molecular formula is C24H22N4O6. The molecule has 4 heterocycles. The van der Waals surface area contributed by atoms with Gasteiger partial charge in [0.05, 0.1) is 26.0 Å². The Balaban J connectivity index is 1.46. The molecule has 0 unspecified atom stereocenters. The van der Waals surface area contributed by atoms with Crippen LogP contribution in [0.5, 0.6) is 0 Å². The van der Waals surface area contributed by atoms with Gasteiger partial charge in [-0.05, 0) is 24.3 Å². The minimum atomic E-state index is -0.804. The number of hydrogen-bond donors (Lipinski definition) is 1. The van der Waals surface area contributed by atoms with Crippen LogP contribution in [0.3, 0.4) is 0 Å². The molecule has 0 saturated carbocycles. The summed E-state index contributed by atoms with van der Waals surface area (Å²) in [6.45, 7) is 2.14. The third-order valence-corrected chi connectivity index (χ3v) is 5.87. The third-order valence-electron chi connectivity index (χ3n) is 5.87. The number of imide groups is 2. The summed E-state index contributed by atoms with van der Waals surface area (Å²) >= 11 is 0. The number of rotatable bonds is 5. The van der Waals surface area contributed by atoms with Gasteiger partial charge in [0, 0.05) is 35.8 Å². The number of aromatic nitrogens is 1. The number of morpholine rings is 1. The standard InChI is InChI=1S/C24H22N4O6/c29-21(26-7-10-33-11-8-26)15-27-13-16(18-5-1-2-6-20(18)27)12-19-22(30)25-24(32)28(23(19)31)14-17-4-3-9-34-17/h1-6,9,12-13H,7-8,10-11,14-15H2,(H,25,30,32)/b19-12-. The van der Waals surface area contributed by atoms with Crippen LogP contribution in [0.2, 0.25) is 0 Å². The number of hydrogen-bond acceptors (Lipinski definition) is 6. The maximum Gasteiger partial charge on any atom is 0.331 e. The molecule has 2 fully saturated rings. The SMILES string of the molecule is O=C1NC(=O)N(Cc2ccco2)C(=O)/C1=C\c1cn(CC(=O)N2CCOCC2)c2ccccc12. The van der Waals surface area contributed by atoms with E-state index in [4.69, 9.17) is 9.15 Å². The van der Waals surface area contributed by atoms with Crippen molar-refractivity contribution in [1.29, 1.82) is 0 Å². The molecule has 2 aromatic heterocycles. The van der Waals surface area contributed by atoms with E-state index >= 15 is 0 Å². The van der Waals surface area contributed by atoms with Crippen molar-refractivity contribution in [3.8, 4) is 0 Å². The van der Waals surface area contributed by atoms with Gasteiger partial charge in [0.25, 0.3) is 11.8 Å². The van der Waals surface area contributed by atoms with Gasteiger partial charge in [0.2, 0.25) is 5.91 Å². The Morgan fingerprint density at radius 2 is 1.85 bits per heavy atom. The van der Waals surface area contributed by atoms with Crippen molar-refractivity contribution in [2.45, 2.75) is 13.1 Å². The summed E-state index contributed by atoms with van der Waals surface area (Å²) in [5.74, 6) is -1.11. The van der Waals surface area contributed by atoms with Crippen molar-refractivity contribution < 1.29 is 28.3 Å². The molecule has 10 nitrogen and oxygen atoms in total. The van der Waals surface area contributed by atoms with Gasteiger partial charge in [-0.3, -0.25) is 24.6 Å². The van der Waals surface area contributed by atoms with Crippen LogP contribution < -0.4 is 5.32 Å². The second-order valence-electron chi connectivity index (χ2n) is 8.01. The number of furan rings is 1. The minimum Gasteiger partial charge on any atom is -0.467 e. The zero-order valence-electron chi connectivity index (χ0n) is 18.2. The van der Waals surface area contributed by atoms with Crippen molar-refractivity contribution in [1.82, 2.24) is 19.7 Å². The fraction of sp³-hybridized carbons (Fsp3) is 0.250. The number of benzene rings is 1. The first kappa shape index (κ1) is 21.7. The van der Waals surface area contributed by atoms with E-state index in [0.29, 0.717) is 37.6 Å². The fourth-order valence-corrected chi connectivity index (χ4v) is 4.13. The normalized spacial score (nSPS) is 18.1. The number of ether oxygens (including phenoxy) is 1. The van der Waals surface area contributed by atoms with Crippen LogP contribution in [0.25, 0.3) is 17.0 Å². The Morgan fingerprint density at radius 1 is 1.06 bits per heavy atom. The number of fused-ring (bicyclic) bond motifs is 1. The first-order chi connectivity index (χ1) is 16.5. The molecule has 2 saturated heterocycles. The highest BCUT2D eigenvalue weighted by Gasteiger charge is 2.36. The van der Waals surface area contributed by atoms with Gasteiger partial charge in [-0.2, -0.15) is 0 Å². The number of para-hydroxylation sites is 1. The topological polar surface area (TPSA) is 114 Å². The minimum absolute atomic E-state index is 0.0371. The predicted molar refractivity (Wildman–Crippen MR) is 120 cm³/mol. The highest BCUT2D eigenvalue weighted by Crippen LogP contribution is 2.25. The first-order valence-electron chi connectivity index (χ1n) is 10.9. The number of urea groups is 1. The average Bonchev–Trinajstić information content (AvgIpc) is 3.48. The monoisotopic (exact) mass is 462 g/mol. The summed E-state index contributed by atoms with van der Waals surface area (Å²) in [5, 5.41) is 2.99. The first-order valence-corrected chi connectivity index (χ1v) is 10.9. The van der Waals surface area contributed by atoms with E-state index in [1.54, 1.807) is 27.8 Å². The van der Waals surface area contributed by atoms with Gasteiger partial charge < -0.3 is 18.6 Å². The number of nitrogens with zero attached hydrogens (tertiary/aromatic N) is 3. The maximum absolute atomic E-state index is 13.1. The molecule has 174 valence electrons. The molecule has 0 atom stereocenters. The molecule has 0 bridgehead atoms. The van der Waals surface area contributed by atoms with Gasteiger partial charge in [-0.15, -0.1) is 0 Å². The van der Waals surface area contributed by atoms with E-state index in [1.807, 2.05) is 24.3 Å². The van der Waals surface area contributed by atoms with E-state index < -0.39 is 17.8 Å². The largest absolute Gasteiger partial charge is 0.467 e. The Hall–Kier alpha value is -4.18. The molecular weight excluding hydrogens is 440 g/mol. The summed E-state index contributed by atoms with van der Waals surface area (Å²) in [6.07, 6.45) is 4.64. The molecule has 1 aromatic carbocycles. The fourth-order valence-electron chi connectivity index (χ4n) is 4.13. The van der Waals surface area contributed by atoms with E-state index in [0.717, 1.165) is 15.8 Å². The van der Waals surface area contributed by atoms with Gasteiger partial charge in [-0.25, -0.2) is 4.79 Å². The third kappa shape index (κ3) is 4.11. The molecule has 0 aliphatic carbocycles. The van der Waals surface area contributed by atoms with Gasteiger partial charge >= 0.3 is 6.03 Å². The lowest BCUT2D eigenvalue weighted by molar-refractivity contribution is -0.136. The van der Waals surface area contributed by atoms with E-state index in [2.05, 4.69) is 5.32 Å². The second-order valence-corrected chi connectivity index (χ2v) is 8.01. The zero-order valence-corrected chi connectivity index (χ0v) is 18.2. The van der Waals surface area contributed by atoms with Crippen molar-refractivity contribution >= 4 is 40.7 Å². The highest BCUT2D eigenvalue weighted by atomic mass is 16.5. The number of barbiturate groups is 1. The molecule has 34 heavy (non-hydrogen) atoms. The Labute approximate surface area is 194 Å². The van der Waals surface area contributed by atoms with Crippen LogP contribution in [0.4, 0.5) is 4.79 Å². The lowest BCUT2D eigenvalue weighted by Gasteiger charge is -2.27. The lowest BCUT2D eigenvalue weighted by atomic mass is 10.1. The lowest BCUT2D eigenvalue weighted by Crippen LogP contribution is -2.53. The Bertz CT molecular complexity index is 1300. The average molecular weight is 462 g/mol. The number of amides is 5. The second kappa shape index (κ2) is 8.99. The van der Waals surface area contributed by atoms with E-state index in [-0.39, 0.29) is 24.6 Å². The molecule has 5 amide bonds. The molecule has 0 spiro atoms. The van der Waals surface area contributed by atoms with Crippen LogP contribution in [0, 0.1) is 0 Å². The van der Waals surface area contributed by atoms with E-state index in [1.165, 1.54) is 12.3 Å². The summed E-state index contributed by atoms with van der Waals surface area (Å²) < 4.78 is 12.4. The molecule has 10 heteroatoms. The van der Waals surface area contributed by atoms with Gasteiger partial charge in [-0.1, -0.05) is 18.2 Å². The number of nitrogens with one attached hydrogen (secondary N) is 1. The number of carbonyl (C=O) groups is 4. The van der Waals surface area contributed by atoms with E-state index in [9.17, 15) is 19.2 Å². The van der Waals surface area contributed by atoms with Gasteiger partial charge in [0.1, 0.15) is 17.9 Å². The van der Waals surface area contributed by atoms with Crippen LogP contribution >= 0.6 is 0 Å². The predicted octanol–water partition coefficient (Wildman–Crippen LogP) is 1.76. The molecule has 1 N–H and O–H groups in total. The zero-order chi connectivity index (χ0) is 23.7. The molecule has 2 aliphatic rings. The van der Waals surface area contributed by atoms with Crippen molar-refractivity contribution in [3.63, 3.8) is 0 Å². The molecule has 2 aliphatic heterocycles. The number of carbonyl (C=O) groups excluding carboxylic acids is 4. The Morgan fingerprint density at radius 3 is 2.62 bits per heavy atom. The van der Waals surface area contributed by atoms with Crippen LogP contribution in [0.1, 0.15) is 11.3 Å². The summed E-state index contributed by atoms with van der Waals surface area (Å²) in [7, 11) is 0. The summed E-state index contributed by atoms with van der Waals surface area (Å²) in [4.78, 5) is 53.4. The van der Waals surface area contributed by atoms with Crippen molar-refractivity contribution in [2.75, 3.05) is 26.3 Å².